The van der Waals surface area contributed by atoms with Gasteiger partial charge in [0.15, 0.2) is 0 Å². The Balaban J connectivity index is 1.28. The molecule has 0 atom stereocenters. The highest BCUT2D eigenvalue weighted by atomic mass is 16.5. The fraction of sp³-hybridized carbons (Fsp3) is 0.333. The Morgan fingerprint density at radius 1 is 1.00 bits per heavy atom. The molecular formula is C24H27N3O3. The zero-order valence-corrected chi connectivity index (χ0v) is 17.0. The lowest BCUT2D eigenvalue weighted by Gasteiger charge is -2.26. The maximum atomic E-state index is 12.2. The van der Waals surface area contributed by atoms with E-state index in [2.05, 4.69) is 10.2 Å². The highest BCUT2D eigenvalue weighted by Gasteiger charge is 2.21. The third-order valence-corrected chi connectivity index (χ3v) is 5.44. The summed E-state index contributed by atoms with van der Waals surface area (Å²) in [4.78, 5) is 28.2. The first-order valence-corrected chi connectivity index (χ1v) is 10.5. The van der Waals surface area contributed by atoms with Gasteiger partial charge in [0.1, 0.15) is 0 Å². The van der Waals surface area contributed by atoms with Crippen LogP contribution in [0.25, 0.3) is 6.08 Å². The summed E-state index contributed by atoms with van der Waals surface area (Å²) in [5.74, 6) is 0.00311. The number of anilines is 2. The normalized spacial score (nSPS) is 17.6. The van der Waals surface area contributed by atoms with Crippen LogP contribution in [0.5, 0.6) is 0 Å². The van der Waals surface area contributed by atoms with E-state index in [1.165, 1.54) is 11.6 Å². The van der Waals surface area contributed by atoms with Crippen LogP contribution >= 0.6 is 0 Å². The molecule has 1 N–H and O–H groups in total. The highest BCUT2D eigenvalue weighted by molar-refractivity contribution is 6.02. The zero-order chi connectivity index (χ0) is 20.8. The summed E-state index contributed by atoms with van der Waals surface area (Å²) in [6, 6.07) is 15.7. The molecule has 2 aliphatic heterocycles. The number of nitrogens with zero attached hydrogens (tertiary/aromatic N) is 2. The van der Waals surface area contributed by atoms with E-state index in [1.807, 2.05) is 53.4 Å². The monoisotopic (exact) mass is 405 g/mol. The van der Waals surface area contributed by atoms with Crippen molar-refractivity contribution in [2.24, 2.45) is 0 Å². The van der Waals surface area contributed by atoms with Crippen molar-refractivity contribution >= 4 is 29.3 Å². The molecule has 2 amide bonds. The predicted octanol–water partition coefficient (Wildman–Crippen LogP) is 3.30. The average Bonchev–Trinajstić information content (AvgIpc) is 3.21. The number of benzene rings is 2. The second kappa shape index (κ2) is 9.69. The number of nitrogens with one attached hydrogen (secondary N) is 1. The summed E-state index contributed by atoms with van der Waals surface area (Å²) in [6.07, 6.45) is 4.83. The molecule has 6 heteroatoms. The van der Waals surface area contributed by atoms with Gasteiger partial charge in [0, 0.05) is 50.1 Å². The first kappa shape index (κ1) is 20.3. The summed E-state index contributed by atoms with van der Waals surface area (Å²) in [6.45, 7) is 5.18. The second-order valence-corrected chi connectivity index (χ2v) is 7.65. The van der Waals surface area contributed by atoms with E-state index in [0.29, 0.717) is 6.42 Å². The molecule has 30 heavy (non-hydrogen) atoms. The van der Waals surface area contributed by atoms with Crippen LogP contribution in [-0.4, -0.2) is 49.6 Å². The molecule has 156 valence electrons. The number of carbonyl (C=O) groups excluding carboxylic acids is 2. The van der Waals surface area contributed by atoms with Gasteiger partial charge < -0.3 is 15.0 Å². The van der Waals surface area contributed by atoms with Crippen molar-refractivity contribution in [1.29, 1.82) is 0 Å². The molecule has 0 aromatic heterocycles. The largest absolute Gasteiger partial charge is 0.379 e. The van der Waals surface area contributed by atoms with Gasteiger partial charge in [-0.2, -0.15) is 0 Å². The van der Waals surface area contributed by atoms with Gasteiger partial charge in [-0.3, -0.25) is 14.5 Å². The fourth-order valence-electron chi connectivity index (χ4n) is 3.75. The van der Waals surface area contributed by atoms with Crippen molar-refractivity contribution in [2.75, 3.05) is 43.1 Å². The molecule has 0 saturated carbocycles. The first-order valence-electron chi connectivity index (χ1n) is 10.5. The van der Waals surface area contributed by atoms with Crippen LogP contribution in [0.15, 0.2) is 54.6 Å². The summed E-state index contributed by atoms with van der Waals surface area (Å²) >= 11 is 0. The summed E-state index contributed by atoms with van der Waals surface area (Å²) in [5.41, 5.74) is 3.83. The first-order chi connectivity index (χ1) is 14.7. The van der Waals surface area contributed by atoms with Gasteiger partial charge in [0.05, 0.1) is 13.2 Å². The topological polar surface area (TPSA) is 61.9 Å². The van der Waals surface area contributed by atoms with Crippen LogP contribution < -0.4 is 10.2 Å². The van der Waals surface area contributed by atoms with Gasteiger partial charge in [-0.25, -0.2) is 0 Å². The molecule has 0 radical (unpaired) electrons. The molecule has 2 aliphatic rings. The molecule has 2 heterocycles. The van der Waals surface area contributed by atoms with Gasteiger partial charge in [-0.1, -0.05) is 24.3 Å². The molecular weight excluding hydrogens is 378 g/mol. The summed E-state index contributed by atoms with van der Waals surface area (Å²) in [5, 5.41) is 2.89. The Labute approximate surface area is 177 Å². The van der Waals surface area contributed by atoms with E-state index < -0.39 is 0 Å². The van der Waals surface area contributed by atoms with Crippen LogP contribution in [0, 0.1) is 0 Å². The third kappa shape index (κ3) is 5.34. The van der Waals surface area contributed by atoms with E-state index in [4.69, 9.17) is 4.74 Å². The van der Waals surface area contributed by atoms with Crippen molar-refractivity contribution in [3.05, 3.63) is 65.7 Å². The van der Waals surface area contributed by atoms with Crippen LogP contribution in [-0.2, 0) is 20.9 Å². The molecule has 6 nitrogen and oxygen atoms in total. The minimum absolute atomic E-state index is 0.172. The maximum Gasteiger partial charge on any atom is 0.248 e. The number of hydrogen-bond donors (Lipinski definition) is 1. The van der Waals surface area contributed by atoms with Crippen LogP contribution in [0.4, 0.5) is 11.4 Å². The Kier molecular flexibility index (Phi) is 6.57. The molecule has 0 aliphatic carbocycles. The molecule has 0 bridgehead atoms. The highest BCUT2D eigenvalue weighted by Crippen LogP contribution is 2.22. The predicted molar refractivity (Wildman–Crippen MR) is 118 cm³/mol. The van der Waals surface area contributed by atoms with Crippen molar-refractivity contribution in [3.63, 3.8) is 0 Å². The van der Waals surface area contributed by atoms with Gasteiger partial charge in [-0.15, -0.1) is 0 Å². The number of carbonyl (C=O) groups is 2. The Morgan fingerprint density at radius 3 is 2.40 bits per heavy atom. The van der Waals surface area contributed by atoms with E-state index >= 15 is 0 Å². The van der Waals surface area contributed by atoms with Crippen LogP contribution in [0.1, 0.15) is 24.0 Å². The fourth-order valence-corrected chi connectivity index (χ4v) is 3.75. The molecule has 2 fully saturated rings. The van der Waals surface area contributed by atoms with E-state index in [0.717, 1.165) is 62.8 Å². The van der Waals surface area contributed by atoms with E-state index in [-0.39, 0.29) is 11.8 Å². The van der Waals surface area contributed by atoms with E-state index in [1.54, 1.807) is 6.08 Å². The minimum Gasteiger partial charge on any atom is -0.379 e. The molecule has 0 unspecified atom stereocenters. The van der Waals surface area contributed by atoms with Gasteiger partial charge in [0.25, 0.3) is 0 Å². The number of morpholine rings is 1. The number of rotatable bonds is 6. The van der Waals surface area contributed by atoms with Gasteiger partial charge in [-0.05, 0) is 47.9 Å². The summed E-state index contributed by atoms with van der Waals surface area (Å²) < 4.78 is 5.38. The van der Waals surface area contributed by atoms with Crippen molar-refractivity contribution in [3.8, 4) is 0 Å². The molecule has 2 aromatic rings. The number of amides is 2. The second-order valence-electron chi connectivity index (χ2n) is 7.65. The smallest absolute Gasteiger partial charge is 0.248 e. The van der Waals surface area contributed by atoms with Gasteiger partial charge in [0.2, 0.25) is 11.8 Å². The van der Waals surface area contributed by atoms with Gasteiger partial charge >= 0.3 is 0 Å². The van der Waals surface area contributed by atoms with Crippen LogP contribution in [0.3, 0.4) is 0 Å². The Morgan fingerprint density at radius 2 is 1.73 bits per heavy atom. The Bertz CT molecular complexity index is 900. The third-order valence-electron chi connectivity index (χ3n) is 5.44. The molecule has 2 aromatic carbocycles. The lowest BCUT2D eigenvalue weighted by molar-refractivity contribution is -0.117. The van der Waals surface area contributed by atoms with Crippen molar-refractivity contribution in [2.45, 2.75) is 19.4 Å². The standard InChI is InChI=1S/C24H27N3O3/c28-23(12-7-19-5-10-22(11-6-19)27-13-1-2-24(27)29)25-21-8-3-20(4-9-21)18-26-14-16-30-17-15-26/h3-12H,1-2,13-18H2,(H,25,28)/b12-7+. The SMILES string of the molecule is O=C(/C=C/c1ccc(N2CCCC2=O)cc1)Nc1ccc(CN2CCOCC2)cc1. The minimum atomic E-state index is -0.172. The van der Waals surface area contributed by atoms with E-state index in [9.17, 15) is 9.59 Å². The zero-order valence-electron chi connectivity index (χ0n) is 17.0. The average molecular weight is 405 g/mol. The van der Waals surface area contributed by atoms with Crippen LogP contribution in [0.2, 0.25) is 0 Å². The van der Waals surface area contributed by atoms with Crippen molar-refractivity contribution < 1.29 is 14.3 Å². The van der Waals surface area contributed by atoms with Crippen molar-refractivity contribution in [1.82, 2.24) is 4.90 Å². The maximum absolute atomic E-state index is 12.2. The molecule has 4 rings (SSSR count). The Hall–Kier alpha value is -2.96. The molecule has 2 saturated heterocycles. The number of ether oxygens (including phenoxy) is 1. The summed E-state index contributed by atoms with van der Waals surface area (Å²) in [7, 11) is 0. The quantitative estimate of drug-likeness (QED) is 0.749. The lowest BCUT2D eigenvalue weighted by Crippen LogP contribution is -2.35. The number of hydrogen-bond acceptors (Lipinski definition) is 4. The molecule has 0 spiro atoms. The lowest BCUT2D eigenvalue weighted by atomic mass is 10.1.